The lowest BCUT2D eigenvalue weighted by Gasteiger charge is -2.12. The lowest BCUT2D eigenvalue weighted by Crippen LogP contribution is -2.05. The normalized spacial score (nSPS) is 11.2. The largest absolute Gasteiger partial charge is 0.478 e. The summed E-state index contributed by atoms with van der Waals surface area (Å²) in [6.45, 7) is 0. The summed E-state index contributed by atoms with van der Waals surface area (Å²) in [7, 11) is 0. The van der Waals surface area contributed by atoms with E-state index in [4.69, 9.17) is 16.7 Å². The molecule has 0 spiro atoms. The Hall–Kier alpha value is -2.21. The second kappa shape index (κ2) is 5.65. The van der Waals surface area contributed by atoms with Crippen molar-refractivity contribution in [3.63, 3.8) is 0 Å². The molecule has 0 aromatic heterocycles. The molecular weight excluding hydrogens is 307 g/mol. The molecule has 2 aromatic rings. The van der Waals surface area contributed by atoms with Gasteiger partial charge < -0.3 is 10.4 Å². The average Bonchev–Trinajstić information content (AvgIpc) is 2.37. The fraction of sp³-hybridized carbons (Fsp3) is 0.0714. The molecule has 0 unspecified atom stereocenters. The lowest BCUT2D eigenvalue weighted by molar-refractivity contribution is -0.137. The van der Waals surface area contributed by atoms with Gasteiger partial charge in [0.1, 0.15) is 0 Å². The van der Waals surface area contributed by atoms with Gasteiger partial charge in [-0.3, -0.25) is 0 Å². The third kappa shape index (κ3) is 3.88. The van der Waals surface area contributed by atoms with E-state index in [1.54, 1.807) is 0 Å². The molecule has 0 saturated carbocycles. The number of rotatable bonds is 3. The number of benzene rings is 2. The van der Waals surface area contributed by atoms with Crippen molar-refractivity contribution < 1.29 is 23.1 Å². The summed E-state index contributed by atoms with van der Waals surface area (Å²) in [5.74, 6) is -1.08. The van der Waals surface area contributed by atoms with Gasteiger partial charge in [0, 0.05) is 16.4 Å². The maximum Gasteiger partial charge on any atom is 0.416 e. The van der Waals surface area contributed by atoms with Gasteiger partial charge in [0.15, 0.2) is 0 Å². The number of carbonyl (C=O) groups is 1. The van der Waals surface area contributed by atoms with Crippen LogP contribution in [0.4, 0.5) is 24.5 Å². The summed E-state index contributed by atoms with van der Waals surface area (Å²) < 4.78 is 38.0. The Labute approximate surface area is 123 Å². The number of hydrogen-bond acceptors (Lipinski definition) is 2. The summed E-state index contributed by atoms with van der Waals surface area (Å²) in [6, 6.07) is 8.72. The van der Waals surface area contributed by atoms with Crippen LogP contribution < -0.4 is 5.32 Å². The van der Waals surface area contributed by atoms with Gasteiger partial charge in [-0.05, 0) is 42.5 Å². The molecule has 0 amide bonds. The predicted octanol–water partition coefficient (Wildman–Crippen LogP) is 4.80. The van der Waals surface area contributed by atoms with Gasteiger partial charge in [-0.15, -0.1) is 0 Å². The van der Waals surface area contributed by atoms with E-state index in [0.717, 1.165) is 12.1 Å². The molecule has 0 bridgehead atoms. The van der Waals surface area contributed by atoms with Gasteiger partial charge in [-0.2, -0.15) is 13.2 Å². The van der Waals surface area contributed by atoms with E-state index in [9.17, 15) is 18.0 Å². The monoisotopic (exact) mass is 315 g/mol. The topological polar surface area (TPSA) is 49.3 Å². The van der Waals surface area contributed by atoms with E-state index in [-0.39, 0.29) is 16.3 Å². The van der Waals surface area contributed by atoms with Crippen LogP contribution in [-0.4, -0.2) is 11.1 Å². The minimum absolute atomic E-state index is 0.0468. The molecule has 0 fully saturated rings. The Kier molecular flexibility index (Phi) is 4.09. The molecule has 0 atom stereocenters. The van der Waals surface area contributed by atoms with E-state index in [0.29, 0.717) is 5.69 Å². The van der Waals surface area contributed by atoms with Crippen molar-refractivity contribution in [2.24, 2.45) is 0 Å². The van der Waals surface area contributed by atoms with Crippen LogP contribution in [0, 0.1) is 0 Å². The number of carboxylic acids is 1. The lowest BCUT2D eigenvalue weighted by atomic mass is 10.1. The Morgan fingerprint density at radius 2 is 1.67 bits per heavy atom. The molecule has 7 heteroatoms. The highest BCUT2D eigenvalue weighted by Crippen LogP contribution is 2.34. The molecule has 21 heavy (non-hydrogen) atoms. The van der Waals surface area contributed by atoms with Crippen molar-refractivity contribution in [2.75, 3.05) is 5.32 Å². The molecule has 2 aromatic carbocycles. The highest BCUT2D eigenvalue weighted by Gasteiger charge is 2.31. The molecule has 0 heterocycles. The quantitative estimate of drug-likeness (QED) is 0.855. The molecule has 0 aliphatic carbocycles. The number of anilines is 2. The second-order valence-electron chi connectivity index (χ2n) is 4.23. The number of halogens is 4. The molecule has 0 saturated heterocycles. The number of carboxylic acid groups (broad SMARTS) is 1. The minimum Gasteiger partial charge on any atom is -0.478 e. The third-order valence-corrected chi connectivity index (χ3v) is 2.86. The number of nitrogens with one attached hydrogen (secondary N) is 1. The summed E-state index contributed by atoms with van der Waals surface area (Å²) in [6.07, 6.45) is -4.49. The second-order valence-corrected chi connectivity index (χ2v) is 4.67. The summed E-state index contributed by atoms with van der Waals surface area (Å²) in [5, 5.41) is 11.5. The number of hydrogen-bond donors (Lipinski definition) is 2. The fourth-order valence-electron chi connectivity index (χ4n) is 1.69. The van der Waals surface area contributed by atoms with Gasteiger partial charge in [-0.1, -0.05) is 11.6 Å². The van der Waals surface area contributed by atoms with E-state index >= 15 is 0 Å². The van der Waals surface area contributed by atoms with Crippen LogP contribution in [0.1, 0.15) is 15.9 Å². The molecule has 0 aliphatic heterocycles. The highest BCUT2D eigenvalue weighted by atomic mass is 35.5. The molecule has 2 rings (SSSR count). The summed E-state index contributed by atoms with van der Waals surface area (Å²) >= 11 is 5.67. The Morgan fingerprint density at radius 1 is 1.05 bits per heavy atom. The molecule has 0 aliphatic rings. The van der Waals surface area contributed by atoms with E-state index in [2.05, 4.69) is 5.32 Å². The standard InChI is InChI=1S/C14H9ClF3NO2/c15-10-5-9(14(16,17)18)6-12(7-10)19-11-3-1-8(2-4-11)13(20)21/h1-7,19H,(H,20,21). The van der Waals surface area contributed by atoms with Crippen molar-refractivity contribution in [2.45, 2.75) is 6.18 Å². The van der Waals surface area contributed by atoms with Gasteiger partial charge in [0.25, 0.3) is 0 Å². The van der Waals surface area contributed by atoms with Gasteiger partial charge in [0.2, 0.25) is 0 Å². The first-order chi connectivity index (χ1) is 9.75. The molecule has 2 N–H and O–H groups in total. The summed E-state index contributed by atoms with van der Waals surface area (Å²) in [5.41, 5.74) is -0.157. The SMILES string of the molecule is O=C(O)c1ccc(Nc2cc(Cl)cc(C(F)(F)F)c2)cc1. The van der Waals surface area contributed by atoms with E-state index < -0.39 is 17.7 Å². The molecule has 0 radical (unpaired) electrons. The van der Waals surface area contributed by atoms with Crippen LogP contribution in [0.25, 0.3) is 0 Å². The van der Waals surface area contributed by atoms with Crippen LogP contribution in [0.3, 0.4) is 0 Å². The first kappa shape index (κ1) is 15.2. The number of alkyl halides is 3. The zero-order valence-electron chi connectivity index (χ0n) is 10.4. The van der Waals surface area contributed by atoms with E-state index in [1.807, 2.05) is 0 Å². The Morgan fingerprint density at radius 3 is 2.19 bits per heavy atom. The van der Waals surface area contributed by atoms with Crippen LogP contribution in [0.5, 0.6) is 0 Å². The summed E-state index contributed by atoms with van der Waals surface area (Å²) in [4.78, 5) is 10.7. The zero-order valence-corrected chi connectivity index (χ0v) is 11.2. The van der Waals surface area contributed by atoms with Gasteiger partial charge in [-0.25, -0.2) is 4.79 Å². The minimum atomic E-state index is -4.49. The predicted molar refractivity (Wildman–Crippen MR) is 73.1 cm³/mol. The van der Waals surface area contributed by atoms with Crippen LogP contribution in [-0.2, 0) is 6.18 Å². The van der Waals surface area contributed by atoms with Crippen molar-refractivity contribution in [3.05, 3.63) is 58.6 Å². The zero-order chi connectivity index (χ0) is 15.6. The van der Waals surface area contributed by atoms with Crippen LogP contribution in [0.2, 0.25) is 5.02 Å². The smallest absolute Gasteiger partial charge is 0.416 e. The Bertz CT molecular complexity index is 669. The molecular formula is C14H9ClF3NO2. The van der Waals surface area contributed by atoms with E-state index in [1.165, 1.54) is 30.3 Å². The number of aromatic carboxylic acids is 1. The highest BCUT2D eigenvalue weighted by molar-refractivity contribution is 6.31. The first-order valence-corrected chi connectivity index (χ1v) is 6.12. The van der Waals surface area contributed by atoms with Crippen molar-refractivity contribution in [3.8, 4) is 0 Å². The van der Waals surface area contributed by atoms with Gasteiger partial charge in [0.05, 0.1) is 11.1 Å². The Balaban J connectivity index is 2.27. The average molecular weight is 316 g/mol. The van der Waals surface area contributed by atoms with Crippen molar-refractivity contribution in [1.82, 2.24) is 0 Å². The maximum absolute atomic E-state index is 12.7. The van der Waals surface area contributed by atoms with Crippen LogP contribution in [0.15, 0.2) is 42.5 Å². The van der Waals surface area contributed by atoms with Crippen molar-refractivity contribution in [1.29, 1.82) is 0 Å². The van der Waals surface area contributed by atoms with Gasteiger partial charge >= 0.3 is 12.1 Å². The maximum atomic E-state index is 12.7. The van der Waals surface area contributed by atoms with Crippen molar-refractivity contribution >= 4 is 28.9 Å². The molecule has 110 valence electrons. The van der Waals surface area contributed by atoms with Crippen LogP contribution >= 0.6 is 11.6 Å². The first-order valence-electron chi connectivity index (χ1n) is 5.74. The fourth-order valence-corrected chi connectivity index (χ4v) is 1.92. The molecule has 3 nitrogen and oxygen atoms in total. The third-order valence-electron chi connectivity index (χ3n) is 2.65.